The van der Waals surface area contributed by atoms with Crippen molar-refractivity contribution in [3.05, 3.63) is 41.5 Å². The van der Waals surface area contributed by atoms with Crippen LogP contribution in [0.5, 0.6) is 0 Å². The molecule has 0 aliphatic carbocycles. The average molecular weight is 387 g/mol. The van der Waals surface area contributed by atoms with E-state index in [9.17, 15) is 0 Å². The van der Waals surface area contributed by atoms with Gasteiger partial charge in [0.05, 0.1) is 0 Å². The largest absolute Gasteiger partial charge is 0.299 e. The Labute approximate surface area is 176 Å². The van der Waals surface area contributed by atoms with Gasteiger partial charge in [0.15, 0.2) is 0 Å². The highest BCUT2D eigenvalue weighted by Crippen LogP contribution is 2.13. The predicted molar refractivity (Wildman–Crippen MR) is 127 cm³/mol. The molecule has 0 spiro atoms. The third-order valence-electron chi connectivity index (χ3n) is 5.34. The molecule has 0 radical (unpaired) electrons. The second-order valence-corrected chi connectivity index (χ2v) is 8.18. The Hall–Kier alpha value is -1.12. The maximum atomic E-state index is 2.69. The second-order valence-electron chi connectivity index (χ2n) is 8.18. The summed E-state index contributed by atoms with van der Waals surface area (Å²) < 4.78 is 0. The fourth-order valence-corrected chi connectivity index (χ4v) is 3.57. The molecule has 0 N–H and O–H groups in total. The first kappa shape index (κ1) is 24.9. The smallest absolute Gasteiger partial charge is 0.0208 e. The van der Waals surface area contributed by atoms with Crippen molar-refractivity contribution in [2.75, 3.05) is 39.3 Å². The number of unbranched alkanes of at least 4 members (excludes halogenated alkanes) is 4. The molecule has 0 unspecified atom stereocenters. The first-order chi connectivity index (χ1) is 13.7. The van der Waals surface area contributed by atoms with E-state index >= 15 is 0 Å². The zero-order valence-corrected chi connectivity index (χ0v) is 19.3. The highest BCUT2D eigenvalue weighted by Gasteiger charge is 2.12. The van der Waals surface area contributed by atoms with Crippen LogP contribution in [0.2, 0.25) is 0 Å². The van der Waals surface area contributed by atoms with Gasteiger partial charge in [0, 0.05) is 13.1 Å². The topological polar surface area (TPSA) is 6.48 Å². The van der Waals surface area contributed by atoms with Crippen LogP contribution < -0.4 is 0 Å². The summed E-state index contributed by atoms with van der Waals surface area (Å²) in [6.07, 6.45) is 12.8. The number of nitrogens with zero attached hydrogens (tertiary/aromatic N) is 2. The summed E-state index contributed by atoms with van der Waals surface area (Å²) in [5, 5.41) is 0. The van der Waals surface area contributed by atoms with Gasteiger partial charge in [-0.25, -0.2) is 0 Å². The van der Waals surface area contributed by atoms with Crippen molar-refractivity contribution >= 4 is 6.08 Å². The summed E-state index contributed by atoms with van der Waals surface area (Å²) in [6, 6.07) is 10.9. The minimum atomic E-state index is 1.11. The first-order valence-corrected chi connectivity index (χ1v) is 11.9. The van der Waals surface area contributed by atoms with Crippen molar-refractivity contribution in [3.8, 4) is 0 Å². The molecule has 0 heterocycles. The van der Waals surface area contributed by atoms with Gasteiger partial charge in [-0.15, -0.1) is 0 Å². The lowest BCUT2D eigenvalue weighted by molar-refractivity contribution is 0.255. The van der Waals surface area contributed by atoms with Gasteiger partial charge in [-0.1, -0.05) is 89.8 Å². The van der Waals surface area contributed by atoms with E-state index in [-0.39, 0.29) is 0 Å². The van der Waals surface area contributed by atoms with Crippen molar-refractivity contribution in [2.45, 2.75) is 79.1 Å². The van der Waals surface area contributed by atoms with Crippen LogP contribution >= 0.6 is 0 Å². The summed E-state index contributed by atoms with van der Waals surface area (Å²) in [4.78, 5) is 5.39. The fraction of sp³-hybridized carbons (Fsp3) is 0.692. The van der Waals surface area contributed by atoms with Gasteiger partial charge in [0.2, 0.25) is 0 Å². The third kappa shape index (κ3) is 11.7. The number of hydrogen-bond donors (Lipinski definition) is 0. The van der Waals surface area contributed by atoms with Crippen molar-refractivity contribution < 1.29 is 0 Å². The lowest BCUT2D eigenvalue weighted by atomic mass is 10.1. The van der Waals surface area contributed by atoms with Gasteiger partial charge >= 0.3 is 0 Å². The van der Waals surface area contributed by atoms with E-state index in [1.165, 1.54) is 83.1 Å². The predicted octanol–water partition coefficient (Wildman–Crippen LogP) is 6.87. The highest BCUT2D eigenvalue weighted by molar-refractivity contribution is 5.53. The summed E-state index contributed by atoms with van der Waals surface area (Å²) in [5.41, 5.74) is 2.92. The van der Waals surface area contributed by atoms with Gasteiger partial charge in [-0.2, -0.15) is 0 Å². The lowest BCUT2D eigenvalue weighted by Crippen LogP contribution is -2.34. The molecular formula is C26H46N2. The van der Waals surface area contributed by atoms with E-state index in [0.717, 1.165) is 13.1 Å². The van der Waals surface area contributed by atoms with Gasteiger partial charge in [0.25, 0.3) is 0 Å². The number of rotatable bonds is 17. The Kier molecular flexibility index (Phi) is 15.0. The van der Waals surface area contributed by atoms with Gasteiger partial charge in [-0.05, 0) is 63.0 Å². The number of benzene rings is 1. The number of hydrogen-bond acceptors (Lipinski definition) is 2. The second kappa shape index (κ2) is 16.8. The van der Waals surface area contributed by atoms with Crippen molar-refractivity contribution in [1.82, 2.24) is 9.80 Å². The molecule has 0 bridgehead atoms. The molecule has 0 saturated heterocycles. The third-order valence-corrected chi connectivity index (χ3v) is 5.34. The molecule has 0 atom stereocenters. The van der Waals surface area contributed by atoms with Crippen LogP contribution in [0, 0.1) is 0 Å². The zero-order valence-electron chi connectivity index (χ0n) is 19.3. The van der Waals surface area contributed by atoms with Gasteiger partial charge in [-0.3, -0.25) is 9.80 Å². The molecule has 1 rings (SSSR count). The lowest BCUT2D eigenvalue weighted by Gasteiger charge is -2.28. The molecule has 1 aromatic carbocycles. The monoisotopic (exact) mass is 386 g/mol. The van der Waals surface area contributed by atoms with Crippen LogP contribution in [0.15, 0.2) is 35.9 Å². The summed E-state index contributed by atoms with van der Waals surface area (Å²) in [6.45, 7) is 16.4. The first-order valence-electron chi connectivity index (χ1n) is 11.9. The van der Waals surface area contributed by atoms with Gasteiger partial charge in [0.1, 0.15) is 0 Å². The quantitative estimate of drug-likeness (QED) is 0.288. The Morgan fingerprint density at radius 3 is 1.39 bits per heavy atom. The highest BCUT2D eigenvalue weighted by atomic mass is 15.1. The molecule has 0 fully saturated rings. The van der Waals surface area contributed by atoms with E-state index in [1.54, 1.807) is 5.57 Å². The van der Waals surface area contributed by atoms with Crippen LogP contribution in [0.25, 0.3) is 6.08 Å². The minimum Gasteiger partial charge on any atom is -0.299 e. The fourth-order valence-electron chi connectivity index (χ4n) is 3.57. The van der Waals surface area contributed by atoms with Crippen molar-refractivity contribution in [3.63, 3.8) is 0 Å². The average Bonchev–Trinajstić information content (AvgIpc) is 2.72. The summed E-state index contributed by atoms with van der Waals surface area (Å²) >= 11 is 0. The molecule has 0 aliphatic rings. The van der Waals surface area contributed by atoms with E-state index in [0.29, 0.717) is 0 Å². The van der Waals surface area contributed by atoms with Crippen molar-refractivity contribution in [2.24, 2.45) is 0 Å². The van der Waals surface area contributed by atoms with Crippen LogP contribution in [0.3, 0.4) is 0 Å². The van der Waals surface area contributed by atoms with E-state index < -0.39 is 0 Å². The molecule has 160 valence electrons. The molecule has 0 amide bonds. The van der Waals surface area contributed by atoms with E-state index in [1.807, 2.05) is 0 Å². The van der Waals surface area contributed by atoms with Gasteiger partial charge < -0.3 is 0 Å². The molecule has 2 heteroatoms. The Morgan fingerprint density at radius 2 is 1.04 bits per heavy atom. The molecule has 0 aliphatic heterocycles. The Balaban J connectivity index is 2.93. The Bertz CT molecular complexity index is 454. The molecule has 28 heavy (non-hydrogen) atoms. The van der Waals surface area contributed by atoms with Crippen LogP contribution in [-0.4, -0.2) is 49.1 Å². The zero-order chi connectivity index (χ0) is 20.5. The van der Waals surface area contributed by atoms with Crippen LogP contribution in [0.4, 0.5) is 0 Å². The van der Waals surface area contributed by atoms with E-state index in [4.69, 9.17) is 0 Å². The standard InChI is InChI=1S/C26H46N2/c1-5-9-18-27(19-10-6-2)23-26(22-25-16-14-13-15-17-25)24-28(20-11-7-3)21-12-8-4/h13-17,22H,5-12,18-21,23-24H2,1-4H3. The molecule has 0 aromatic heterocycles. The molecule has 2 nitrogen and oxygen atoms in total. The normalized spacial score (nSPS) is 11.4. The van der Waals surface area contributed by atoms with Crippen LogP contribution in [-0.2, 0) is 0 Å². The van der Waals surface area contributed by atoms with E-state index in [2.05, 4.69) is 73.9 Å². The minimum absolute atomic E-state index is 1.11. The Morgan fingerprint density at radius 1 is 0.643 bits per heavy atom. The summed E-state index contributed by atoms with van der Waals surface area (Å²) in [5.74, 6) is 0. The summed E-state index contributed by atoms with van der Waals surface area (Å²) in [7, 11) is 0. The van der Waals surface area contributed by atoms with Crippen LogP contribution in [0.1, 0.15) is 84.6 Å². The molecule has 0 saturated carbocycles. The molecule has 1 aromatic rings. The van der Waals surface area contributed by atoms with Crippen molar-refractivity contribution in [1.29, 1.82) is 0 Å². The maximum Gasteiger partial charge on any atom is 0.0208 e. The SMILES string of the molecule is CCCCN(CCCC)CC(=Cc1ccccc1)CN(CCCC)CCCC. The molecular weight excluding hydrogens is 340 g/mol. The maximum absolute atomic E-state index is 2.69.